The highest BCUT2D eigenvalue weighted by molar-refractivity contribution is 5.52. The monoisotopic (exact) mass is 267 g/mol. The summed E-state index contributed by atoms with van der Waals surface area (Å²) in [7, 11) is 0. The molecule has 0 unspecified atom stereocenters. The molecule has 0 amide bonds. The molecular weight excluding hydrogens is 249 g/mol. The standard InChI is InChI=1S/C14H18FNO3/c15-12-13(17)10(7-9-1-3-16-4-2-9)8-11-14(12)19-6-5-18-11/h8-9,16-17H,1-7H2. The minimum atomic E-state index is -0.693. The summed E-state index contributed by atoms with van der Waals surface area (Å²) in [6.07, 6.45) is 2.78. The first-order valence-electron chi connectivity index (χ1n) is 6.76. The third-order valence-corrected chi connectivity index (χ3v) is 3.80. The van der Waals surface area contributed by atoms with Crippen LogP contribution in [-0.2, 0) is 6.42 Å². The number of piperidine rings is 1. The van der Waals surface area contributed by atoms with Gasteiger partial charge < -0.3 is 19.9 Å². The van der Waals surface area contributed by atoms with E-state index >= 15 is 0 Å². The summed E-state index contributed by atoms with van der Waals surface area (Å²) in [6.45, 7) is 2.71. The smallest absolute Gasteiger partial charge is 0.210 e. The number of phenols is 1. The summed E-state index contributed by atoms with van der Waals surface area (Å²) in [5.74, 6) is -0.0543. The van der Waals surface area contributed by atoms with Crippen LogP contribution in [0.5, 0.6) is 17.2 Å². The fourth-order valence-electron chi connectivity index (χ4n) is 2.74. The number of ether oxygens (including phenoxy) is 2. The molecule has 1 saturated heterocycles. The molecule has 1 aromatic carbocycles. The summed E-state index contributed by atoms with van der Waals surface area (Å²) in [4.78, 5) is 0. The topological polar surface area (TPSA) is 50.7 Å². The van der Waals surface area contributed by atoms with Crippen molar-refractivity contribution in [2.24, 2.45) is 5.92 Å². The van der Waals surface area contributed by atoms with Gasteiger partial charge in [-0.25, -0.2) is 0 Å². The van der Waals surface area contributed by atoms with E-state index in [4.69, 9.17) is 9.47 Å². The molecule has 0 saturated carbocycles. The number of hydrogen-bond acceptors (Lipinski definition) is 4. The molecule has 19 heavy (non-hydrogen) atoms. The minimum absolute atomic E-state index is 0.0396. The third-order valence-electron chi connectivity index (χ3n) is 3.80. The van der Waals surface area contributed by atoms with Crippen molar-refractivity contribution in [3.8, 4) is 17.2 Å². The second-order valence-electron chi connectivity index (χ2n) is 5.12. The Kier molecular flexibility index (Phi) is 3.46. The quantitative estimate of drug-likeness (QED) is 0.858. The van der Waals surface area contributed by atoms with Crippen LogP contribution in [-0.4, -0.2) is 31.4 Å². The maximum Gasteiger partial charge on any atom is 0.210 e. The maximum atomic E-state index is 14.0. The average molecular weight is 267 g/mol. The third kappa shape index (κ3) is 2.47. The zero-order chi connectivity index (χ0) is 13.2. The largest absolute Gasteiger partial charge is 0.505 e. The molecule has 0 spiro atoms. The number of rotatable bonds is 2. The Bertz CT molecular complexity index is 472. The summed E-state index contributed by atoms with van der Waals surface area (Å²) in [6, 6.07) is 1.72. The highest BCUT2D eigenvalue weighted by Gasteiger charge is 2.24. The molecule has 2 aliphatic heterocycles. The number of benzene rings is 1. The summed E-state index contributed by atoms with van der Waals surface area (Å²) >= 11 is 0. The number of aromatic hydroxyl groups is 1. The molecule has 1 fully saturated rings. The van der Waals surface area contributed by atoms with Gasteiger partial charge in [0.25, 0.3) is 0 Å². The summed E-state index contributed by atoms with van der Waals surface area (Å²) in [5, 5.41) is 13.3. The normalized spacial score (nSPS) is 19.4. The van der Waals surface area contributed by atoms with E-state index in [0.717, 1.165) is 25.9 Å². The van der Waals surface area contributed by atoms with Crippen molar-refractivity contribution in [1.29, 1.82) is 0 Å². The lowest BCUT2D eigenvalue weighted by atomic mass is 9.90. The van der Waals surface area contributed by atoms with Crippen LogP contribution in [0.15, 0.2) is 6.07 Å². The van der Waals surface area contributed by atoms with Crippen LogP contribution < -0.4 is 14.8 Å². The van der Waals surface area contributed by atoms with E-state index in [2.05, 4.69) is 5.32 Å². The molecule has 1 aromatic rings. The summed E-state index contributed by atoms with van der Waals surface area (Å²) < 4.78 is 24.6. The van der Waals surface area contributed by atoms with Crippen molar-refractivity contribution in [2.75, 3.05) is 26.3 Å². The van der Waals surface area contributed by atoms with Crippen molar-refractivity contribution in [2.45, 2.75) is 19.3 Å². The number of hydrogen-bond donors (Lipinski definition) is 2. The highest BCUT2D eigenvalue weighted by atomic mass is 19.1. The zero-order valence-electron chi connectivity index (χ0n) is 10.7. The van der Waals surface area contributed by atoms with Gasteiger partial charge >= 0.3 is 0 Å². The molecule has 5 heteroatoms. The number of nitrogens with one attached hydrogen (secondary N) is 1. The molecule has 0 bridgehead atoms. The Hall–Kier alpha value is -1.49. The van der Waals surface area contributed by atoms with Crippen LogP contribution in [0.1, 0.15) is 18.4 Å². The van der Waals surface area contributed by atoms with E-state index in [1.165, 1.54) is 0 Å². The summed E-state index contributed by atoms with van der Waals surface area (Å²) in [5.41, 5.74) is 0.619. The van der Waals surface area contributed by atoms with Crippen LogP contribution >= 0.6 is 0 Å². The van der Waals surface area contributed by atoms with Gasteiger partial charge in [-0.15, -0.1) is 0 Å². The molecule has 0 aromatic heterocycles. The van der Waals surface area contributed by atoms with E-state index in [1.807, 2.05) is 0 Å². The Morgan fingerprint density at radius 3 is 2.79 bits per heavy atom. The number of phenolic OH excluding ortho intramolecular Hbond substituents is 1. The van der Waals surface area contributed by atoms with Gasteiger partial charge in [0.15, 0.2) is 11.5 Å². The van der Waals surface area contributed by atoms with Gasteiger partial charge in [0.2, 0.25) is 11.6 Å². The molecular formula is C14H18FNO3. The first-order valence-corrected chi connectivity index (χ1v) is 6.76. The second kappa shape index (κ2) is 5.25. The molecule has 3 rings (SSSR count). The molecule has 0 atom stereocenters. The van der Waals surface area contributed by atoms with Gasteiger partial charge in [0.1, 0.15) is 13.2 Å². The van der Waals surface area contributed by atoms with Gasteiger partial charge in [0.05, 0.1) is 0 Å². The molecule has 0 aliphatic carbocycles. The van der Waals surface area contributed by atoms with Crippen LogP contribution in [0.3, 0.4) is 0 Å². The number of halogens is 1. The molecule has 104 valence electrons. The first kappa shape index (κ1) is 12.5. The molecule has 2 aliphatic rings. The van der Waals surface area contributed by atoms with E-state index < -0.39 is 5.82 Å². The number of fused-ring (bicyclic) bond motifs is 1. The second-order valence-corrected chi connectivity index (χ2v) is 5.12. The Morgan fingerprint density at radius 1 is 1.26 bits per heavy atom. The van der Waals surface area contributed by atoms with Crippen LogP contribution in [0.2, 0.25) is 0 Å². The Balaban J connectivity index is 1.86. The maximum absolute atomic E-state index is 14.0. The van der Waals surface area contributed by atoms with E-state index in [1.54, 1.807) is 6.07 Å². The van der Waals surface area contributed by atoms with Gasteiger partial charge in [-0.1, -0.05) is 0 Å². The van der Waals surface area contributed by atoms with Crippen molar-refractivity contribution < 1.29 is 19.0 Å². The van der Waals surface area contributed by atoms with Crippen molar-refractivity contribution in [1.82, 2.24) is 5.32 Å². The molecule has 2 heterocycles. The lowest BCUT2D eigenvalue weighted by molar-refractivity contribution is 0.162. The van der Waals surface area contributed by atoms with Gasteiger partial charge in [-0.05, 0) is 44.3 Å². The van der Waals surface area contributed by atoms with Crippen LogP contribution in [0.4, 0.5) is 4.39 Å². The molecule has 4 nitrogen and oxygen atoms in total. The minimum Gasteiger partial charge on any atom is -0.505 e. The Morgan fingerprint density at radius 2 is 2.00 bits per heavy atom. The van der Waals surface area contributed by atoms with Crippen molar-refractivity contribution in [3.63, 3.8) is 0 Å². The lowest BCUT2D eigenvalue weighted by Gasteiger charge is -2.25. The zero-order valence-corrected chi connectivity index (χ0v) is 10.7. The molecule has 0 radical (unpaired) electrons. The first-order chi connectivity index (χ1) is 9.25. The lowest BCUT2D eigenvalue weighted by Crippen LogP contribution is -2.28. The van der Waals surface area contributed by atoms with E-state index in [0.29, 0.717) is 36.9 Å². The fourth-order valence-corrected chi connectivity index (χ4v) is 2.74. The van der Waals surface area contributed by atoms with Gasteiger partial charge in [0, 0.05) is 5.56 Å². The van der Waals surface area contributed by atoms with E-state index in [9.17, 15) is 9.50 Å². The van der Waals surface area contributed by atoms with Crippen LogP contribution in [0, 0.1) is 11.7 Å². The van der Waals surface area contributed by atoms with E-state index in [-0.39, 0.29) is 11.5 Å². The predicted molar refractivity (Wildman–Crippen MR) is 68.4 cm³/mol. The van der Waals surface area contributed by atoms with Gasteiger partial charge in [-0.2, -0.15) is 4.39 Å². The van der Waals surface area contributed by atoms with Crippen molar-refractivity contribution in [3.05, 3.63) is 17.4 Å². The Labute approximate surface area is 111 Å². The van der Waals surface area contributed by atoms with Crippen LogP contribution in [0.25, 0.3) is 0 Å². The molecule has 2 N–H and O–H groups in total. The SMILES string of the molecule is Oc1c(CC2CCNCC2)cc2c(c1F)OCCO2. The average Bonchev–Trinajstić information content (AvgIpc) is 2.46. The highest BCUT2D eigenvalue weighted by Crippen LogP contribution is 2.41. The van der Waals surface area contributed by atoms with Gasteiger partial charge in [-0.3, -0.25) is 0 Å². The van der Waals surface area contributed by atoms with Crippen molar-refractivity contribution >= 4 is 0 Å². The predicted octanol–water partition coefficient (Wildman–Crippen LogP) is 1.84. The fraction of sp³-hybridized carbons (Fsp3) is 0.571.